The summed E-state index contributed by atoms with van der Waals surface area (Å²) in [6.45, 7) is 5.87. The number of nitrogens with one attached hydrogen (secondary N) is 2. The smallest absolute Gasteiger partial charge is 0.238 e. The highest BCUT2D eigenvalue weighted by molar-refractivity contribution is 7.89. The van der Waals surface area contributed by atoms with Gasteiger partial charge in [-0.25, -0.2) is 13.6 Å². The number of amides is 1. The van der Waals surface area contributed by atoms with Gasteiger partial charge in [-0.1, -0.05) is 26.0 Å². The van der Waals surface area contributed by atoms with E-state index < -0.39 is 10.0 Å². The third-order valence-corrected chi connectivity index (χ3v) is 4.10. The Balaban J connectivity index is 2.23. The summed E-state index contributed by atoms with van der Waals surface area (Å²) in [5.74, 6) is 0.568. The first-order valence-corrected chi connectivity index (χ1v) is 8.93. The molecule has 1 amide bonds. The highest BCUT2D eigenvalue weighted by Gasteiger charge is 2.06. The average molecular weight is 327 g/mol. The van der Waals surface area contributed by atoms with Crippen molar-refractivity contribution in [1.29, 1.82) is 0 Å². The molecule has 0 radical (unpaired) electrons. The van der Waals surface area contributed by atoms with Crippen molar-refractivity contribution in [2.24, 2.45) is 11.1 Å². The number of sulfonamides is 1. The van der Waals surface area contributed by atoms with E-state index in [-0.39, 0.29) is 17.3 Å². The van der Waals surface area contributed by atoms with E-state index in [0.717, 1.165) is 12.0 Å². The molecule has 4 N–H and O–H groups in total. The SMILES string of the molecule is CC(C)CCNC(=O)CNCCc1ccc(S(N)(=O)=O)cc1. The predicted molar refractivity (Wildman–Crippen MR) is 86.9 cm³/mol. The number of rotatable bonds is 9. The molecule has 0 atom stereocenters. The zero-order valence-corrected chi connectivity index (χ0v) is 13.9. The predicted octanol–water partition coefficient (Wildman–Crippen LogP) is 0.628. The normalized spacial score (nSPS) is 11.6. The van der Waals surface area contributed by atoms with Gasteiger partial charge in [0.25, 0.3) is 0 Å². The summed E-state index contributed by atoms with van der Waals surface area (Å²) >= 11 is 0. The van der Waals surface area contributed by atoms with E-state index in [4.69, 9.17) is 5.14 Å². The number of hydrogen-bond donors (Lipinski definition) is 3. The van der Waals surface area contributed by atoms with Crippen LogP contribution in [0.1, 0.15) is 25.8 Å². The van der Waals surface area contributed by atoms with Crippen LogP contribution < -0.4 is 15.8 Å². The van der Waals surface area contributed by atoms with E-state index in [1.807, 2.05) is 0 Å². The van der Waals surface area contributed by atoms with Crippen LogP contribution in [0.3, 0.4) is 0 Å². The molecule has 0 heterocycles. The van der Waals surface area contributed by atoms with Crippen LogP contribution in [0.4, 0.5) is 0 Å². The molecule has 0 unspecified atom stereocenters. The molecule has 124 valence electrons. The second-order valence-electron chi connectivity index (χ2n) is 5.65. The molecule has 1 aromatic rings. The first-order valence-electron chi connectivity index (χ1n) is 7.38. The van der Waals surface area contributed by atoms with Crippen molar-refractivity contribution in [2.45, 2.75) is 31.6 Å². The van der Waals surface area contributed by atoms with Crippen molar-refractivity contribution >= 4 is 15.9 Å². The molecule has 0 saturated carbocycles. The van der Waals surface area contributed by atoms with E-state index in [9.17, 15) is 13.2 Å². The lowest BCUT2D eigenvalue weighted by Crippen LogP contribution is -2.35. The molecule has 0 spiro atoms. The van der Waals surface area contributed by atoms with Gasteiger partial charge in [-0.2, -0.15) is 0 Å². The number of nitrogens with two attached hydrogens (primary N) is 1. The van der Waals surface area contributed by atoms with Gasteiger partial charge in [-0.3, -0.25) is 4.79 Å². The van der Waals surface area contributed by atoms with Crippen molar-refractivity contribution in [2.75, 3.05) is 19.6 Å². The number of hydrogen-bond acceptors (Lipinski definition) is 4. The summed E-state index contributed by atoms with van der Waals surface area (Å²) in [7, 11) is -3.64. The maximum Gasteiger partial charge on any atom is 0.238 e. The van der Waals surface area contributed by atoms with Gasteiger partial charge in [0.15, 0.2) is 0 Å². The van der Waals surface area contributed by atoms with Crippen LogP contribution in [0.5, 0.6) is 0 Å². The van der Waals surface area contributed by atoms with Crippen molar-refractivity contribution in [3.05, 3.63) is 29.8 Å². The van der Waals surface area contributed by atoms with Crippen LogP contribution in [-0.4, -0.2) is 34.0 Å². The van der Waals surface area contributed by atoms with Gasteiger partial charge in [-0.15, -0.1) is 0 Å². The Kier molecular flexibility index (Phi) is 7.50. The molecular formula is C15H25N3O3S. The molecule has 7 heteroatoms. The lowest BCUT2D eigenvalue weighted by atomic mass is 10.1. The summed E-state index contributed by atoms with van der Waals surface area (Å²) in [6.07, 6.45) is 1.69. The third-order valence-electron chi connectivity index (χ3n) is 3.17. The molecule has 0 saturated heterocycles. The summed E-state index contributed by atoms with van der Waals surface area (Å²) < 4.78 is 22.3. The standard InChI is InChI=1S/C15H25N3O3S/c1-12(2)7-10-18-15(19)11-17-9-8-13-3-5-14(6-4-13)22(16,20)21/h3-6,12,17H,7-11H2,1-2H3,(H,18,19)(H2,16,20,21). The molecule has 0 aliphatic heterocycles. The lowest BCUT2D eigenvalue weighted by molar-refractivity contribution is -0.120. The van der Waals surface area contributed by atoms with E-state index in [0.29, 0.717) is 25.4 Å². The molecule has 0 aliphatic rings. The van der Waals surface area contributed by atoms with E-state index in [1.165, 1.54) is 12.1 Å². The highest BCUT2D eigenvalue weighted by Crippen LogP contribution is 2.08. The van der Waals surface area contributed by atoms with Crippen molar-refractivity contribution in [3.63, 3.8) is 0 Å². The Hall–Kier alpha value is -1.44. The van der Waals surface area contributed by atoms with Crippen LogP contribution in [0.2, 0.25) is 0 Å². The summed E-state index contributed by atoms with van der Waals surface area (Å²) in [6, 6.07) is 6.43. The van der Waals surface area contributed by atoms with Crippen molar-refractivity contribution in [3.8, 4) is 0 Å². The van der Waals surface area contributed by atoms with Gasteiger partial charge < -0.3 is 10.6 Å². The van der Waals surface area contributed by atoms with Crippen LogP contribution in [0.15, 0.2) is 29.2 Å². The molecule has 0 aliphatic carbocycles. The van der Waals surface area contributed by atoms with Gasteiger partial charge in [0.1, 0.15) is 0 Å². The number of carbonyl (C=O) groups excluding carboxylic acids is 1. The molecule has 1 rings (SSSR count). The van der Waals surface area contributed by atoms with E-state index in [2.05, 4.69) is 24.5 Å². The second kappa shape index (κ2) is 8.87. The Morgan fingerprint density at radius 1 is 1.18 bits per heavy atom. The van der Waals surface area contributed by atoms with Gasteiger partial charge in [0, 0.05) is 6.54 Å². The molecule has 0 fully saturated rings. The van der Waals surface area contributed by atoms with Gasteiger partial charge >= 0.3 is 0 Å². The van der Waals surface area contributed by atoms with Crippen molar-refractivity contribution < 1.29 is 13.2 Å². The number of benzene rings is 1. The largest absolute Gasteiger partial charge is 0.355 e. The minimum absolute atomic E-state index is 0.00905. The number of carbonyl (C=O) groups is 1. The fourth-order valence-corrected chi connectivity index (χ4v) is 2.36. The minimum atomic E-state index is -3.64. The van der Waals surface area contributed by atoms with Gasteiger partial charge in [0.05, 0.1) is 11.4 Å². The Morgan fingerprint density at radius 3 is 2.36 bits per heavy atom. The molecule has 22 heavy (non-hydrogen) atoms. The van der Waals surface area contributed by atoms with Gasteiger partial charge in [-0.05, 0) is 43.0 Å². The fourth-order valence-electron chi connectivity index (χ4n) is 1.84. The Bertz CT molecular complexity index is 568. The fraction of sp³-hybridized carbons (Fsp3) is 0.533. The molecule has 0 aromatic heterocycles. The molecular weight excluding hydrogens is 302 g/mol. The zero-order chi connectivity index (χ0) is 16.6. The second-order valence-corrected chi connectivity index (χ2v) is 7.21. The highest BCUT2D eigenvalue weighted by atomic mass is 32.2. The first kappa shape index (κ1) is 18.6. The maximum atomic E-state index is 11.5. The Labute approximate surface area is 132 Å². The summed E-state index contributed by atoms with van der Waals surface area (Å²) in [5.41, 5.74) is 0.986. The average Bonchev–Trinajstić information content (AvgIpc) is 2.43. The third kappa shape index (κ3) is 7.53. The van der Waals surface area contributed by atoms with Crippen LogP contribution >= 0.6 is 0 Å². The topological polar surface area (TPSA) is 101 Å². The van der Waals surface area contributed by atoms with E-state index in [1.54, 1.807) is 12.1 Å². The molecule has 0 bridgehead atoms. The Morgan fingerprint density at radius 2 is 1.82 bits per heavy atom. The first-order chi connectivity index (χ1) is 10.3. The van der Waals surface area contributed by atoms with E-state index >= 15 is 0 Å². The number of primary sulfonamides is 1. The van der Waals surface area contributed by atoms with Crippen molar-refractivity contribution in [1.82, 2.24) is 10.6 Å². The van der Waals surface area contributed by atoms with Crippen LogP contribution in [-0.2, 0) is 21.2 Å². The van der Waals surface area contributed by atoms with Crippen LogP contribution in [0.25, 0.3) is 0 Å². The lowest BCUT2D eigenvalue weighted by Gasteiger charge is -2.08. The maximum absolute atomic E-state index is 11.5. The zero-order valence-electron chi connectivity index (χ0n) is 13.1. The quantitative estimate of drug-likeness (QED) is 0.579. The van der Waals surface area contributed by atoms with Gasteiger partial charge in [0.2, 0.25) is 15.9 Å². The minimum Gasteiger partial charge on any atom is -0.355 e. The molecule has 6 nitrogen and oxygen atoms in total. The summed E-state index contributed by atoms with van der Waals surface area (Å²) in [5, 5.41) is 11.0. The molecule has 1 aromatic carbocycles. The monoisotopic (exact) mass is 327 g/mol. The van der Waals surface area contributed by atoms with Crippen LogP contribution in [0, 0.1) is 5.92 Å². The summed E-state index contributed by atoms with van der Waals surface area (Å²) in [4.78, 5) is 11.6.